The average Bonchev–Trinajstić information content (AvgIpc) is 2.66. The van der Waals surface area contributed by atoms with Crippen molar-refractivity contribution in [3.05, 3.63) is 95.6 Å². The maximum atomic E-state index is 2.65. The quantitative estimate of drug-likeness (QED) is 0.524. The average molecular weight is 348 g/mol. The first kappa shape index (κ1) is 14.6. The van der Waals surface area contributed by atoms with Gasteiger partial charge in [-0.25, -0.2) is 0 Å². The predicted molar refractivity (Wildman–Crippen MR) is 102 cm³/mol. The third-order valence-electron chi connectivity index (χ3n) is 4.67. The second-order valence-corrected chi connectivity index (χ2v) is 8.41. The van der Waals surface area contributed by atoms with Crippen molar-refractivity contribution < 1.29 is 0 Å². The smallest absolute Gasteiger partial charge is 0.0886 e. The van der Waals surface area contributed by atoms with E-state index in [1.54, 1.807) is 0 Å². The van der Waals surface area contributed by atoms with Gasteiger partial charge in [-0.1, -0.05) is 66.7 Å². The molecule has 0 spiro atoms. The number of hydrogen-bond donors (Lipinski definition) is 0. The van der Waals surface area contributed by atoms with E-state index in [9.17, 15) is 0 Å². The van der Waals surface area contributed by atoms with Gasteiger partial charge < -0.3 is 0 Å². The Morgan fingerprint density at radius 2 is 1.33 bits per heavy atom. The molecule has 2 aliphatic heterocycles. The van der Waals surface area contributed by atoms with Crippen LogP contribution in [-0.2, 0) is 6.54 Å². The molecule has 1 nitrogen and oxygen atoms in total. The molecule has 2 heterocycles. The first-order chi connectivity index (χ1) is 11.9. The lowest BCUT2D eigenvalue weighted by atomic mass is 10.1. The molecule has 0 saturated carbocycles. The molecule has 0 bridgehead atoms. The summed E-state index contributed by atoms with van der Waals surface area (Å²) in [6.45, 7) is 1.01. The van der Waals surface area contributed by atoms with E-state index in [0.29, 0.717) is 10.7 Å². The van der Waals surface area contributed by atoms with Crippen molar-refractivity contribution in [1.82, 2.24) is 4.90 Å². The molecule has 0 N–H and O–H groups in total. The predicted octanol–water partition coefficient (Wildman–Crippen LogP) is 6.10. The van der Waals surface area contributed by atoms with Gasteiger partial charge in [0.2, 0.25) is 0 Å². The van der Waals surface area contributed by atoms with Gasteiger partial charge in [0.25, 0.3) is 0 Å². The van der Waals surface area contributed by atoms with Crippen LogP contribution in [0.1, 0.15) is 27.4 Å². The highest BCUT2D eigenvalue weighted by Gasteiger charge is 2.39. The van der Waals surface area contributed by atoms with Crippen molar-refractivity contribution in [2.24, 2.45) is 0 Å². The third kappa shape index (κ3) is 2.39. The van der Waals surface area contributed by atoms with Gasteiger partial charge in [0.15, 0.2) is 0 Å². The van der Waals surface area contributed by atoms with Crippen molar-refractivity contribution in [2.45, 2.75) is 27.1 Å². The lowest BCUT2D eigenvalue weighted by Gasteiger charge is -2.45. The fraction of sp³-hybridized carbons (Fsp3) is 0.143. The molecule has 0 saturated heterocycles. The van der Waals surface area contributed by atoms with Crippen LogP contribution in [0.25, 0.3) is 0 Å². The lowest BCUT2D eigenvalue weighted by molar-refractivity contribution is 0.218. The molecule has 3 heteroatoms. The molecule has 118 valence electrons. The highest BCUT2D eigenvalue weighted by atomic mass is 32.2. The summed E-state index contributed by atoms with van der Waals surface area (Å²) in [6, 6.07) is 28.6. The molecule has 3 aromatic carbocycles. The second-order valence-electron chi connectivity index (χ2n) is 6.17. The van der Waals surface area contributed by atoms with E-state index >= 15 is 0 Å². The minimum Gasteiger partial charge on any atom is -0.267 e. The first-order valence-electron chi connectivity index (χ1n) is 8.21. The molecule has 0 aliphatic carbocycles. The Labute approximate surface area is 151 Å². The second kappa shape index (κ2) is 5.99. The number of hydrogen-bond acceptors (Lipinski definition) is 3. The fourth-order valence-electron chi connectivity index (χ4n) is 3.52. The number of thioether (sulfide) groups is 2. The maximum absolute atomic E-state index is 2.65. The Morgan fingerprint density at radius 1 is 0.667 bits per heavy atom. The Balaban J connectivity index is 1.65. The van der Waals surface area contributed by atoms with E-state index in [1.165, 1.54) is 26.5 Å². The summed E-state index contributed by atoms with van der Waals surface area (Å²) >= 11 is 3.98. The highest BCUT2D eigenvalue weighted by molar-refractivity contribution is 8.01. The van der Waals surface area contributed by atoms with Crippen LogP contribution < -0.4 is 0 Å². The monoisotopic (exact) mass is 347 g/mol. The van der Waals surface area contributed by atoms with E-state index < -0.39 is 0 Å². The molecule has 2 aliphatic rings. The minimum absolute atomic E-state index is 0.368. The molecule has 0 radical (unpaired) electrons. The minimum atomic E-state index is 0.368. The van der Waals surface area contributed by atoms with E-state index in [2.05, 4.69) is 83.8 Å². The summed E-state index contributed by atoms with van der Waals surface area (Å²) in [4.78, 5) is 5.49. The van der Waals surface area contributed by atoms with E-state index in [1.807, 2.05) is 23.5 Å². The summed E-state index contributed by atoms with van der Waals surface area (Å²) in [6.07, 6.45) is 0. The SMILES string of the molecule is c1ccc([C@H]2Sc3ccccc3[C@@H]3Sc4ccccc4CN23)cc1. The van der Waals surface area contributed by atoms with Crippen LogP contribution in [0.3, 0.4) is 0 Å². The van der Waals surface area contributed by atoms with E-state index in [-0.39, 0.29) is 0 Å². The van der Waals surface area contributed by atoms with Crippen LogP contribution in [0.2, 0.25) is 0 Å². The zero-order valence-corrected chi connectivity index (χ0v) is 14.8. The standard InChI is InChI=1S/C21H17NS2/c1-2-8-15(9-3-1)20-22-14-16-10-4-6-12-18(16)23-21(22)17-11-5-7-13-19(17)24-20/h1-13,20-21H,14H2/t20-,21+/m1/s1. The topological polar surface area (TPSA) is 3.24 Å². The normalized spacial score (nSPS) is 22.3. The molecule has 5 rings (SSSR count). The Hall–Kier alpha value is -1.68. The van der Waals surface area contributed by atoms with E-state index in [0.717, 1.165) is 6.54 Å². The summed E-state index contributed by atoms with van der Waals surface area (Å²) in [5, 5.41) is 0.759. The Kier molecular flexibility index (Phi) is 3.66. The van der Waals surface area contributed by atoms with Crippen molar-refractivity contribution in [3.63, 3.8) is 0 Å². The largest absolute Gasteiger partial charge is 0.267 e. The van der Waals surface area contributed by atoms with Crippen LogP contribution in [-0.4, -0.2) is 4.90 Å². The molecule has 0 amide bonds. The van der Waals surface area contributed by atoms with E-state index in [4.69, 9.17) is 0 Å². The lowest BCUT2D eigenvalue weighted by Crippen LogP contribution is -2.35. The fourth-order valence-corrected chi connectivity index (χ4v) is 6.36. The molecule has 24 heavy (non-hydrogen) atoms. The van der Waals surface area contributed by atoms with Crippen LogP contribution in [0.15, 0.2) is 88.7 Å². The number of fused-ring (bicyclic) bond motifs is 4. The van der Waals surface area contributed by atoms with Gasteiger partial charge in [0.05, 0.1) is 10.7 Å². The zero-order chi connectivity index (χ0) is 15.9. The molecule has 2 atom stereocenters. The summed E-state index contributed by atoms with van der Waals surface area (Å²) in [5.74, 6) is 0. The third-order valence-corrected chi connectivity index (χ3v) is 7.47. The van der Waals surface area contributed by atoms with Gasteiger partial charge >= 0.3 is 0 Å². The van der Waals surface area contributed by atoms with Crippen LogP contribution in [0.4, 0.5) is 0 Å². The van der Waals surface area contributed by atoms with Crippen molar-refractivity contribution in [1.29, 1.82) is 0 Å². The molecule has 3 aromatic rings. The summed E-state index contributed by atoms with van der Waals surface area (Å²) in [7, 11) is 0. The van der Waals surface area contributed by atoms with Gasteiger partial charge in [-0.2, -0.15) is 0 Å². The molecular formula is C21H17NS2. The molecule has 0 fully saturated rings. The van der Waals surface area contributed by atoms with Crippen LogP contribution in [0, 0.1) is 0 Å². The van der Waals surface area contributed by atoms with Crippen LogP contribution >= 0.6 is 23.5 Å². The summed E-state index contributed by atoms with van der Waals surface area (Å²) in [5.41, 5.74) is 4.29. The number of benzene rings is 3. The van der Waals surface area contributed by atoms with Crippen molar-refractivity contribution >= 4 is 23.5 Å². The highest BCUT2D eigenvalue weighted by Crippen LogP contribution is 2.57. The van der Waals surface area contributed by atoms with Crippen molar-refractivity contribution in [2.75, 3.05) is 0 Å². The van der Waals surface area contributed by atoms with Gasteiger partial charge in [-0.15, -0.1) is 23.5 Å². The van der Waals surface area contributed by atoms with Gasteiger partial charge in [0.1, 0.15) is 0 Å². The summed E-state index contributed by atoms with van der Waals surface area (Å²) < 4.78 is 0. The number of rotatable bonds is 1. The first-order valence-corrected chi connectivity index (χ1v) is 9.97. The Bertz CT molecular complexity index is 878. The Morgan fingerprint density at radius 3 is 2.21 bits per heavy atom. The van der Waals surface area contributed by atoms with Gasteiger partial charge in [-0.05, 0) is 28.8 Å². The van der Waals surface area contributed by atoms with Crippen molar-refractivity contribution in [3.8, 4) is 0 Å². The van der Waals surface area contributed by atoms with Gasteiger partial charge in [-0.3, -0.25) is 4.90 Å². The molecular weight excluding hydrogens is 330 g/mol. The number of nitrogens with zero attached hydrogens (tertiary/aromatic N) is 1. The van der Waals surface area contributed by atoms with Gasteiger partial charge in [0, 0.05) is 16.3 Å². The van der Waals surface area contributed by atoms with Crippen LogP contribution in [0.5, 0.6) is 0 Å². The zero-order valence-electron chi connectivity index (χ0n) is 13.1. The molecule has 0 aromatic heterocycles. The maximum Gasteiger partial charge on any atom is 0.0886 e. The molecule has 0 unspecified atom stereocenters.